The van der Waals surface area contributed by atoms with Crippen LogP contribution in [-0.2, 0) is 14.3 Å². The molecule has 0 radical (unpaired) electrons. The van der Waals surface area contributed by atoms with Gasteiger partial charge >= 0.3 is 0 Å². The lowest BCUT2D eigenvalue weighted by Gasteiger charge is -2.36. The minimum atomic E-state index is -0.636. The minimum absolute atomic E-state index is 0.0250. The van der Waals surface area contributed by atoms with Crippen LogP contribution < -0.4 is 10.6 Å². The van der Waals surface area contributed by atoms with Crippen LogP contribution in [0.5, 0.6) is 0 Å². The summed E-state index contributed by atoms with van der Waals surface area (Å²) in [5, 5.41) is 6.31. The highest BCUT2D eigenvalue weighted by Crippen LogP contribution is 2.23. The molecule has 17 heavy (non-hydrogen) atoms. The summed E-state index contributed by atoms with van der Waals surface area (Å²) >= 11 is 0. The summed E-state index contributed by atoms with van der Waals surface area (Å²) in [5.41, 5.74) is -0.636. The topological polar surface area (TPSA) is 59.6 Å². The SMILES string of the molecule is COC1(C(=O)NC2CCCOC2)CCNCC1. The van der Waals surface area contributed by atoms with E-state index in [0.717, 1.165) is 45.4 Å². The molecule has 5 heteroatoms. The van der Waals surface area contributed by atoms with Crippen molar-refractivity contribution in [2.45, 2.75) is 37.3 Å². The quantitative estimate of drug-likeness (QED) is 0.734. The molecule has 2 rings (SSSR count). The first-order valence-electron chi connectivity index (χ1n) is 6.41. The molecule has 2 saturated heterocycles. The number of hydrogen-bond donors (Lipinski definition) is 2. The third-order valence-corrected chi connectivity index (χ3v) is 3.71. The maximum atomic E-state index is 12.3. The van der Waals surface area contributed by atoms with E-state index in [9.17, 15) is 4.79 Å². The van der Waals surface area contributed by atoms with Crippen molar-refractivity contribution in [1.29, 1.82) is 0 Å². The fraction of sp³-hybridized carbons (Fsp3) is 0.917. The molecule has 0 saturated carbocycles. The lowest BCUT2D eigenvalue weighted by atomic mass is 9.90. The van der Waals surface area contributed by atoms with Gasteiger partial charge in [-0.2, -0.15) is 0 Å². The van der Waals surface area contributed by atoms with Crippen molar-refractivity contribution >= 4 is 5.91 Å². The van der Waals surface area contributed by atoms with Crippen molar-refractivity contribution in [2.24, 2.45) is 0 Å². The zero-order valence-electron chi connectivity index (χ0n) is 10.5. The van der Waals surface area contributed by atoms with E-state index in [-0.39, 0.29) is 11.9 Å². The van der Waals surface area contributed by atoms with Crippen molar-refractivity contribution in [2.75, 3.05) is 33.4 Å². The van der Waals surface area contributed by atoms with Crippen LogP contribution in [0.2, 0.25) is 0 Å². The second-order valence-electron chi connectivity index (χ2n) is 4.84. The van der Waals surface area contributed by atoms with E-state index in [0.29, 0.717) is 6.61 Å². The smallest absolute Gasteiger partial charge is 0.252 e. The average Bonchev–Trinajstić information content (AvgIpc) is 2.40. The van der Waals surface area contributed by atoms with Crippen LogP contribution in [0.4, 0.5) is 0 Å². The monoisotopic (exact) mass is 242 g/mol. The molecule has 2 fully saturated rings. The third-order valence-electron chi connectivity index (χ3n) is 3.71. The molecule has 0 aromatic rings. The van der Waals surface area contributed by atoms with Gasteiger partial charge in [-0.3, -0.25) is 4.79 Å². The zero-order chi connectivity index (χ0) is 12.1. The van der Waals surface area contributed by atoms with Crippen LogP contribution in [0.15, 0.2) is 0 Å². The van der Waals surface area contributed by atoms with Gasteiger partial charge in [0.25, 0.3) is 5.91 Å². The Balaban J connectivity index is 1.91. The van der Waals surface area contributed by atoms with Crippen molar-refractivity contribution in [3.05, 3.63) is 0 Å². The fourth-order valence-corrected chi connectivity index (χ4v) is 2.53. The first kappa shape index (κ1) is 12.8. The van der Waals surface area contributed by atoms with E-state index in [1.807, 2.05) is 0 Å². The molecule has 0 aliphatic carbocycles. The second kappa shape index (κ2) is 5.80. The summed E-state index contributed by atoms with van der Waals surface area (Å²) in [6.07, 6.45) is 3.50. The van der Waals surface area contributed by atoms with Crippen LogP contribution in [-0.4, -0.2) is 51.0 Å². The molecule has 0 bridgehead atoms. The van der Waals surface area contributed by atoms with Crippen LogP contribution >= 0.6 is 0 Å². The summed E-state index contributed by atoms with van der Waals surface area (Å²) in [6.45, 7) is 3.11. The number of amides is 1. The molecular formula is C12H22N2O3. The Labute approximate surface area is 102 Å². The predicted octanol–water partition coefficient (Wildman–Crippen LogP) is 0.0502. The Bertz CT molecular complexity index is 258. The first-order valence-corrected chi connectivity index (χ1v) is 6.41. The van der Waals surface area contributed by atoms with Gasteiger partial charge in [0.05, 0.1) is 12.6 Å². The fourth-order valence-electron chi connectivity index (χ4n) is 2.53. The molecule has 1 atom stereocenters. The molecule has 0 aromatic heterocycles. The van der Waals surface area contributed by atoms with E-state index in [1.165, 1.54) is 0 Å². The van der Waals surface area contributed by atoms with Gasteiger partial charge in [0.15, 0.2) is 0 Å². The number of piperidine rings is 1. The molecule has 5 nitrogen and oxygen atoms in total. The van der Waals surface area contributed by atoms with Crippen molar-refractivity contribution < 1.29 is 14.3 Å². The van der Waals surface area contributed by atoms with Gasteiger partial charge in [-0.05, 0) is 38.8 Å². The standard InChI is InChI=1S/C12H22N2O3/c1-16-12(4-6-13-7-5-12)11(15)14-10-3-2-8-17-9-10/h10,13H,2-9H2,1H3,(H,14,15). The Hall–Kier alpha value is -0.650. The van der Waals surface area contributed by atoms with Gasteiger partial charge < -0.3 is 20.1 Å². The molecule has 1 amide bonds. The maximum Gasteiger partial charge on any atom is 0.252 e. The van der Waals surface area contributed by atoms with E-state index < -0.39 is 5.60 Å². The molecule has 2 heterocycles. The Kier molecular flexibility index (Phi) is 4.36. The van der Waals surface area contributed by atoms with Crippen LogP contribution in [0.1, 0.15) is 25.7 Å². The summed E-state index contributed by atoms with van der Waals surface area (Å²) < 4.78 is 10.9. The number of methoxy groups -OCH3 is 1. The van der Waals surface area contributed by atoms with Crippen molar-refractivity contribution in [3.8, 4) is 0 Å². The van der Waals surface area contributed by atoms with Crippen molar-refractivity contribution in [1.82, 2.24) is 10.6 Å². The summed E-state index contributed by atoms with van der Waals surface area (Å²) in [4.78, 5) is 12.3. The summed E-state index contributed by atoms with van der Waals surface area (Å²) in [5.74, 6) is 0.0250. The molecule has 2 aliphatic rings. The van der Waals surface area contributed by atoms with Gasteiger partial charge in [0.2, 0.25) is 0 Å². The maximum absolute atomic E-state index is 12.3. The van der Waals surface area contributed by atoms with Gasteiger partial charge in [0.1, 0.15) is 5.60 Å². The Morgan fingerprint density at radius 3 is 2.82 bits per heavy atom. The Morgan fingerprint density at radius 1 is 1.47 bits per heavy atom. The number of carbonyl (C=O) groups excluding carboxylic acids is 1. The summed E-state index contributed by atoms with van der Waals surface area (Å²) in [7, 11) is 1.63. The average molecular weight is 242 g/mol. The third kappa shape index (κ3) is 2.97. The van der Waals surface area contributed by atoms with E-state index in [4.69, 9.17) is 9.47 Å². The molecule has 0 aromatic carbocycles. The predicted molar refractivity (Wildman–Crippen MR) is 63.8 cm³/mol. The second-order valence-corrected chi connectivity index (χ2v) is 4.84. The Morgan fingerprint density at radius 2 is 2.24 bits per heavy atom. The van der Waals surface area contributed by atoms with Gasteiger partial charge in [-0.15, -0.1) is 0 Å². The highest BCUT2D eigenvalue weighted by atomic mass is 16.5. The van der Waals surface area contributed by atoms with Gasteiger partial charge in [-0.25, -0.2) is 0 Å². The number of hydrogen-bond acceptors (Lipinski definition) is 4. The largest absolute Gasteiger partial charge is 0.379 e. The van der Waals surface area contributed by atoms with Crippen LogP contribution in [0, 0.1) is 0 Å². The number of nitrogens with one attached hydrogen (secondary N) is 2. The minimum Gasteiger partial charge on any atom is -0.379 e. The molecule has 0 spiro atoms. The highest BCUT2D eigenvalue weighted by Gasteiger charge is 2.40. The number of ether oxygens (including phenoxy) is 2. The van der Waals surface area contributed by atoms with E-state index in [1.54, 1.807) is 7.11 Å². The van der Waals surface area contributed by atoms with Crippen molar-refractivity contribution in [3.63, 3.8) is 0 Å². The van der Waals surface area contributed by atoms with E-state index in [2.05, 4.69) is 10.6 Å². The zero-order valence-corrected chi connectivity index (χ0v) is 10.5. The summed E-state index contributed by atoms with van der Waals surface area (Å²) in [6, 6.07) is 0.151. The highest BCUT2D eigenvalue weighted by molar-refractivity contribution is 5.85. The first-order chi connectivity index (χ1) is 8.27. The van der Waals surface area contributed by atoms with Crippen LogP contribution in [0.3, 0.4) is 0 Å². The molecule has 2 aliphatic heterocycles. The lowest BCUT2D eigenvalue weighted by molar-refractivity contribution is -0.148. The normalized spacial score (nSPS) is 28.6. The molecule has 1 unspecified atom stereocenters. The molecule has 2 N–H and O–H groups in total. The number of rotatable bonds is 3. The van der Waals surface area contributed by atoms with Gasteiger partial charge in [0, 0.05) is 13.7 Å². The van der Waals surface area contributed by atoms with Gasteiger partial charge in [-0.1, -0.05) is 0 Å². The molecule has 98 valence electrons. The molecular weight excluding hydrogens is 220 g/mol. The van der Waals surface area contributed by atoms with E-state index >= 15 is 0 Å². The van der Waals surface area contributed by atoms with Crippen LogP contribution in [0.25, 0.3) is 0 Å². The number of carbonyl (C=O) groups is 1. The lowest BCUT2D eigenvalue weighted by Crippen LogP contribution is -2.57.